The summed E-state index contributed by atoms with van der Waals surface area (Å²) in [6.07, 6.45) is 1.49. The van der Waals surface area contributed by atoms with Crippen LogP contribution in [0.4, 0.5) is 0 Å². The van der Waals surface area contributed by atoms with Gasteiger partial charge in [-0.2, -0.15) is 0 Å². The van der Waals surface area contributed by atoms with Crippen molar-refractivity contribution in [3.63, 3.8) is 0 Å². The van der Waals surface area contributed by atoms with Crippen molar-refractivity contribution in [2.24, 2.45) is 0 Å². The lowest BCUT2D eigenvalue weighted by Gasteiger charge is -1.92. The second kappa shape index (κ2) is 4.35. The molecule has 4 heteroatoms. The first-order valence-electron chi connectivity index (χ1n) is 5.32. The third-order valence-electron chi connectivity index (χ3n) is 2.49. The molecular weight excluding hydrogens is 204 g/mol. The molecule has 2 rings (SSSR count). The molecule has 4 nitrogen and oxygen atoms in total. The van der Waals surface area contributed by atoms with Crippen LogP contribution < -0.4 is 0 Å². The van der Waals surface area contributed by atoms with E-state index >= 15 is 0 Å². The summed E-state index contributed by atoms with van der Waals surface area (Å²) in [6, 6.07) is 6.04. The van der Waals surface area contributed by atoms with E-state index in [1.54, 1.807) is 0 Å². The summed E-state index contributed by atoms with van der Waals surface area (Å²) in [7, 11) is 0. The number of rotatable bonds is 4. The van der Waals surface area contributed by atoms with Crippen molar-refractivity contribution in [3.8, 4) is 0 Å². The third-order valence-corrected chi connectivity index (χ3v) is 2.49. The topological polar surface area (TPSA) is 66.0 Å². The van der Waals surface area contributed by atoms with Gasteiger partial charge in [0, 0.05) is 12.8 Å². The van der Waals surface area contributed by atoms with Crippen LogP contribution in [-0.2, 0) is 11.2 Å². The molecule has 2 aromatic rings. The van der Waals surface area contributed by atoms with Gasteiger partial charge in [0.2, 0.25) is 0 Å². The first-order valence-corrected chi connectivity index (χ1v) is 5.32. The van der Waals surface area contributed by atoms with Crippen molar-refractivity contribution in [3.05, 3.63) is 29.6 Å². The Hall–Kier alpha value is -1.84. The molecule has 84 valence electrons. The van der Waals surface area contributed by atoms with E-state index in [0.717, 1.165) is 16.9 Å². The van der Waals surface area contributed by atoms with Gasteiger partial charge in [-0.15, -0.1) is 0 Å². The Morgan fingerprint density at radius 3 is 3.06 bits per heavy atom. The lowest BCUT2D eigenvalue weighted by Crippen LogP contribution is -1.96. The lowest BCUT2D eigenvalue weighted by atomic mass is 10.2. The molecule has 1 heterocycles. The fourth-order valence-corrected chi connectivity index (χ4v) is 1.70. The van der Waals surface area contributed by atoms with Crippen LogP contribution in [0.1, 0.15) is 24.2 Å². The molecule has 0 aliphatic carbocycles. The summed E-state index contributed by atoms with van der Waals surface area (Å²) in [5, 5.41) is 8.54. The molecule has 2 N–H and O–H groups in total. The van der Waals surface area contributed by atoms with Gasteiger partial charge in [0.05, 0.1) is 11.0 Å². The fraction of sp³-hybridized carbons (Fsp3) is 0.333. The monoisotopic (exact) mass is 218 g/mol. The summed E-state index contributed by atoms with van der Waals surface area (Å²) in [6.45, 7) is 2.03. The Morgan fingerprint density at radius 1 is 1.50 bits per heavy atom. The number of hydrogen-bond donors (Lipinski definition) is 2. The minimum absolute atomic E-state index is 0.191. The molecule has 1 aromatic carbocycles. The zero-order valence-corrected chi connectivity index (χ0v) is 9.16. The van der Waals surface area contributed by atoms with Gasteiger partial charge in [0.1, 0.15) is 5.82 Å². The van der Waals surface area contributed by atoms with Crippen LogP contribution in [0.25, 0.3) is 11.0 Å². The maximum atomic E-state index is 10.4. The van der Waals surface area contributed by atoms with Crippen molar-refractivity contribution in [1.82, 2.24) is 9.97 Å². The summed E-state index contributed by atoms with van der Waals surface area (Å²) in [5.41, 5.74) is 3.15. The first kappa shape index (κ1) is 10.7. The number of nitrogens with zero attached hydrogens (tertiary/aromatic N) is 1. The third kappa shape index (κ3) is 2.39. The minimum Gasteiger partial charge on any atom is -0.481 e. The van der Waals surface area contributed by atoms with Crippen LogP contribution in [-0.4, -0.2) is 21.0 Å². The van der Waals surface area contributed by atoms with E-state index in [2.05, 4.69) is 9.97 Å². The maximum absolute atomic E-state index is 10.4. The van der Waals surface area contributed by atoms with Gasteiger partial charge in [-0.1, -0.05) is 6.07 Å². The van der Waals surface area contributed by atoms with E-state index in [1.807, 2.05) is 25.1 Å². The van der Waals surface area contributed by atoms with Crippen molar-refractivity contribution in [2.45, 2.75) is 26.2 Å². The molecule has 0 saturated carbocycles. The molecule has 1 aromatic heterocycles. The highest BCUT2D eigenvalue weighted by molar-refractivity contribution is 5.75. The number of benzene rings is 1. The van der Waals surface area contributed by atoms with Crippen LogP contribution in [0.5, 0.6) is 0 Å². The minimum atomic E-state index is -0.757. The number of hydrogen-bond acceptors (Lipinski definition) is 2. The van der Waals surface area contributed by atoms with Gasteiger partial charge in [-0.3, -0.25) is 4.79 Å². The zero-order chi connectivity index (χ0) is 11.5. The van der Waals surface area contributed by atoms with Gasteiger partial charge in [0.15, 0.2) is 0 Å². The molecule has 16 heavy (non-hydrogen) atoms. The van der Waals surface area contributed by atoms with Crippen LogP contribution in [0.2, 0.25) is 0 Å². The van der Waals surface area contributed by atoms with E-state index in [9.17, 15) is 4.79 Å². The summed E-state index contributed by atoms with van der Waals surface area (Å²) in [5.74, 6) is 0.105. The highest BCUT2D eigenvalue weighted by Crippen LogP contribution is 2.14. The molecule has 0 atom stereocenters. The zero-order valence-electron chi connectivity index (χ0n) is 9.16. The molecular formula is C12H14N2O2. The van der Waals surface area contributed by atoms with Crippen molar-refractivity contribution in [2.75, 3.05) is 0 Å². The maximum Gasteiger partial charge on any atom is 0.303 e. The average Bonchev–Trinajstić information content (AvgIpc) is 2.58. The Kier molecular flexibility index (Phi) is 2.90. The number of aromatic nitrogens is 2. The van der Waals surface area contributed by atoms with Crippen molar-refractivity contribution < 1.29 is 9.90 Å². The second-order valence-electron chi connectivity index (χ2n) is 3.95. The van der Waals surface area contributed by atoms with Gasteiger partial charge < -0.3 is 10.1 Å². The fourth-order valence-electron chi connectivity index (χ4n) is 1.70. The number of aromatic amines is 1. The summed E-state index contributed by atoms with van der Waals surface area (Å²) in [4.78, 5) is 18.0. The molecule has 0 aliphatic heterocycles. The van der Waals surface area contributed by atoms with Gasteiger partial charge in [-0.05, 0) is 31.0 Å². The average molecular weight is 218 g/mol. The van der Waals surface area contributed by atoms with Crippen LogP contribution in [0.15, 0.2) is 18.2 Å². The molecule has 0 aliphatic rings. The molecule has 0 fully saturated rings. The van der Waals surface area contributed by atoms with E-state index in [-0.39, 0.29) is 6.42 Å². The number of imidazole rings is 1. The largest absolute Gasteiger partial charge is 0.481 e. The Balaban J connectivity index is 2.10. The van der Waals surface area contributed by atoms with Gasteiger partial charge in [-0.25, -0.2) is 4.98 Å². The van der Waals surface area contributed by atoms with E-state index in [1.165, 1.54) is 5.56 Å². The number of fused-ring (bicyclic) bond motifs is 1. The normalized spacial score (nSPS) is 10.8. The van der Waals surface area contributed by atoms with Crippen LogP contribution in [0.3, 0.4) is 0 Å². The molecule has 0 unspecified atom stereocenters. The number of H-pyrrole nitrogens is 1. The number of carboxylic acid groups (broad SMARTS) is 1. The molecule has 0 amide bonds. The molecule has 0 spiro atoms. The number of nitrogens with one attached hydrogen (secondary N) is 1. The summed E-state index contributed by atoms with van der Waals surface area (Å²) >= 11 is 0. The highest BCUT2D eigenvalue weighted by Gasteiger charge is 2.04. The van der Waals surface area contributed by atoms with Crippen LogP contribution >= 0.6 is 0 Å². The summed E-state index contributed by atoms with van der Waals surface area (Å²) < 4.78 is 0. The van der Waals surface area contributed by atoms with Gasteiger partial charge in [0.25, 0.3) is 0 Å². The quantitative estimate of drug-likeness (QED) is 0.827. The Bertz CT molecular complexity index is 517. The standard InChI is InChI=1S/C12H14N2O2/c1-8-5-6-9-10(7-8)14-11(13-9)3-2-4-12(15)16/h5-7H,2-4H2,1H3,(H,13,14)(H,15,16). The second-order valence-corrected chi connectivity index (χ2v) is 3.95. The number of carbonyl (C=O) groups is 1. The Labute approximate surface area is 93.3 Å². The van der Waals surface area contributed by atoms with E-state index in [0.29, 0.717) is 12.8 Å². The molecule has 0 saturated heterocycles. The smallest absolute Gasteiger partial charge is 0.303 e. The number of aryl methyl sites for hydroxylation is 2. The van der Waals surface area contributed by atoms with Gasteiger partial charge >= 0.3 is 5.97 Å². The highest BCUT2D eigenvalue weighted by atomic mass is 16.4. The Morgan fingerprint density at radius 2 is 2.31 bits per heavy atom. The van der Waals surface area contributed by atoms with Crippen LogP contribution in [0, 0.1) is 6.92 Å². The number of carboxylic acids is 1. The van der Waals surface area contributed by atoms with E-state index < -0.39 is 5.97 Å². The lowest BCUT2D eigenvalue weighted by molar-refractivity contribution is -0.137. The molecule has 0 bridgehead atoms. The predicted octanol–water partition coefficient (Wildman–Crippen LogP) is 2.28. The van der Waals surface area contributed by atoms with Crippen molar-refractivity contribution in [1.29, 1.82) is 0 Å². The SMILES string of the molecule is Cc1ccc2nc(CCCC(=O)O)[nH]c2c1. The molecule has 0 radical (unpaired) electrons. The van der Waals surface area contributed by atoms with E-state index in [4.69, 9.17) is 5.11 Å². The predicted molar refractivity (Wildman–Crippen MR) is 61.4 cm³/mol. The van der Waals surface area contributed by atoms with Crippen molar-refractivity contribution >= 4 is 17.0 Å². The number of aliphatic carboxylic acids is 1. The first-order chi connectivity index (χ1) is 7.65.